The van der Waals surface area contributed by atoms with Crippen LogP contribution in [0, 0.1) is 0 Å². The van der Waals surface area contributed by atoms with Gasteiger partial charge < -0.3 is 10.1 Å². The summed E-state index contributed by atoms with van der Waals surface area (Å²) in [7, 11) is 1.78. The van der Waals surface area contributed by atoms with Gasteiger partial charge in [0.15, 0.2) is 5.78 Å². The first-order valence-electron chi connectivity index (χ1n) is 5.48. The Morgan fingerprint density at radius 2 is 1.88 bits per heavy atom. The summed E-state index contributed by atoms with van der Waals surface area (Å²) in [6, 6.07) is 7.24. The summed E-state index contributed by atoms with van der Waals surface area (Å²) in [5.74, 6) is 0.874. The summed E-state index contributed by atoms with van der Waals surface area (Å²) in [6.07, 6.45) is 0. The molecule has 0 aliphatic heterocycles. The van der Waals surface area contributed by atoms with Crippen molar-refractivity contribution in [3.63, 3.8) is 0 Å². The number of hydrogen-bond acceptors (Lipinski definition) is 3. The van der Waals surface area contributed by atoms with Crippen LogP contribution in [0.1, 0.15) is 31.1 Å². The van der Waals surface area contributed by atoms with E-state index in [1.807, 2.05) is 32.9 Å². The zero-order valence-corrected chi connectivity index (χ0v) is 10.3. The van der Waals surface area contributed by atoms with Crippen molar-refractivity contribution in [2.75, 3.05) is 13.7 Å². The molecule has 0 bridgehead atoms. The second-order valence-corrected chi connectivity index (χ2v) is 4.16. The lowest BCUT2D eigenvalue weighted by atomic mass is 9.93. The lowest BCUT2D eigenvalue weighted by molar-refractivity contribution is 0.0889. The standard InChI is InChI=1S/C13H19NO2/c1-5-16-11-8-6-10(7-9-11)12(15)13(2,3)14-4/h6-9,14H,5H2,1-4H3. The second kappa shape index (κ2) is 5.12. The maximum absolute atomic E-state index is 12.1. The molecule has 0 saturated carbocycles. The zero-order chi connectivity index (χ0) is 12.2. The summed E-state index contributed by atoms with van der Waals surface area (Å²) in [5.41, 5.74) is 0.162. The smallest absolute Gasteiger partial charge is 0.182 e. The number of benzene rings is 1. The highest BCUT2D eigenvalue weighted by Crippen LogP contribution is 2.16. The van der Waals surface area contributed by atoms with Crippen molar-refractivity contribution in [3.8, 4) is 5.75 Å². The Kier molecular flexibility index (Phi) is 4.07. The monoisotopic (exact) mass is 221 g/mol. The molecule has 0 fully saturated rings. The van der Waals surface area contributed by atoms with Crippen molar-refractivity contribution in [1.82, 2.24) is 5.32 Å². The van der Waals surface area contributed by atoms with Gasteiger partial charge in [0, 0.05) is 5.56 Å². The summed E-state index contributed by atoms with van der Waals surface area (Å²) >= 11 is 0. The molecule has 0 aliphatic rings. The Bertz CT molecular complexity index is 355. The summed E-state index contributed by atoms with van der Waals surface area (Å²) in [6.45, 7) is 6.30. The van der Waals surface area contributed by atoms with Gasteiger partial charge in [-0.15, -0.1) is 0 Å². The number of carbonyl (C=O) groups excluding carboxylic acids is 1. The molecule has 16 heavy (non-hydrogen) atoms. The highest BCUT2D eigenvalue weighted by molar-refractivity contribution is 6.02. The van der Waals surface area contributed by atoms with E-state index in [4.69, 9.17) is 4.74 Å². The number of nitrogens with one attached hydrogen (secondary N) is 1. The molecule has 1 aromatic carbocycles. The lowest BCUT2D eigenvalue weighted by Gasteiger charge is -2.22. The van der Waals surface area contributed by atoms with Gasteiger partial charge in [0.2, 0.25) is 0 Å². The Hall–Kier alpha value is -1.35. The van der Waals surface area contributed by atoms with Crippen molar-refractivity contribution < 1.29 is 9.53 Å². The van der Waals surface area contributed by atoms with Gasteiger partial charge in [-0.2, -0.15) is 0 Å². The number of Topliss-reactive ketones (excluding diaryl/α,β-unsaturated/α-hetero) is 1. The van der Waals surface area contributed by atoms with Crippen molar-refractivity contribution in [2.45, 2.75) is 26.3 Å². The van der Waals surface area contributed by atoms with E-state index in [9.17, 15) is 4.79 Å². The maximum atomic E-state index is 12.1. The van der Waals surface area contributed by atoms with E-state index in [0.717, 1.165) is 5.75 Å². The van der Waals surface area contributed by atoms with E-state index in [1.165, 1.54) is 0 Å². The normalized spacial score (nSPS) is 11.2. The summed E-state index contributed by atoms with van der Waals surface area (Å²) in [5, 5.41) is 3.00. The van der Waals surface area contributed by atoms with Gasteiger partial charge in [-0.1, -0.05) is 0 Å². The average molecular weight is 221 g/mol. The van der Waals surface area contributed by atoms with Crippen LogP contribution in [0.4, 0.5) is 0 Å². The first-order valence-corrected chi connectivity index (χ1v) is 5.48. The van der Waals surface area contributed by atoms with Gasteiger partial charge in [0.05, 0.1) is 12.1 Å². The summed E-state index contributed by atoms with van der Waals surface area (Å²) < 4.78 is 5.33. The van der Waals surface area contributed by atoms with E-state index in [1.54, 1.807) is 19.2 Å². The van der Waals surface area contributed by atoms with Crippen LogP contribution in [0.15, 0.2) is 24.3 Å². The van der Waals surface area contributed by atoms with E-state index in [0.29, 0.717) is 12.2 Å². The molecule has 3 heteroatoms. The van der Waals surface area contributed by atoms with E-state index in [2.05, 4.69) is 5.32 Å². The number of carbonyl (C=O) groups is 1. The Morgan fingerprint density at radius 1 is 1.31 bits per heavy atom. The van der Waals surface area contributed by atoms with Gasteiger partial charge in [-0.05, 0) is 52.1 Å². The number of hydrogen-bond donors (Lipinski definition) is 1. The van der Waals surface area contributed by atoms with Gasteiger partial charge in [0.1, 0.15) is 5.75 Å². The quantitative estimate of drug-likeness (QED) is 0.775. The topological polar surface area (TPSA) is 38.3 Å². The Labute approximate surface area is 96.8 Å². The van der Waals surface area contributed by atoms with Crippen LogP contribution < -0.4 is 10.1 Å². The predicted octanol–water partition coefficient (Wildman–Crippen LogP) is 2.27. The SMILES string of the molecule is CCOc1ccc(C(=O)C(C)(C)NC)cc1. The molecular formula is C13H19NO2. The van der Waals surface area contributed by atoms with Gasteiger partial charge in [0.25, 0.3) is 0 Å². The lowest BCUT2D eigenvalue weighted by Crippen LogP contribution is -2.44. The minimum atomic E-state index is -0.535. The number of likely N-dealkylation sites (N-methyl/N-ethyl adjacent to an activating group) is 1. The fraction of sp³-hybridized carbons (Fsp3) is 0.462. The molecule has 0 aliphatic carbocycles. The molecule has 0 heterocycles. The van der Waals surface area contributed by atoms with Gasteiger partial charge in [-0.25, -0.2) is 0 Å². The van der Waals surface area contributed by atoms with E-state index in [-0.39, 0.29) is 5.78 Å². The highest BCUT2D eigenvalue weighted by Gasteiger charge is 2.26. The van der Waals surface area contributed by atoms with Crippen LogP contribution in [0.3, 0.4) is 0 Å². The molecule has 88 valence electrons. The van der Waals surface area contributed by atoms with Gasteiger partial charge in [-0.3, -0.25) is 4.79 Å². The molecule has 1 aromatic rings. The average Bonchev–Trinajstić information content (AvgIpc) is 2.29. The second-order valence-electron chi connectivity index (χ2n) is 4.16. The van der Waals surface area contributed by atoms with Crippen LogP contribution in [0.25, 0.3) is 0 Å². The van der Waals surface area contributed by atoms with E-state index >= 15 is 0 Å². The van der Waals surface area contributed by atoms with Crippen molar-refractivity contribution in [1.29, 1.82) is 0 Å². The molecule has 0 aromatic heterocycles. The molecular weight excluding hydrogens is 202 g/mol. The molecule has 0 amide bonds. The largest absolute Gasteiger partial charge is 0.494 e. The number of ketones is 1. The maximum Gasteiger partial charge on any atom is 0.182 e. The van der Waals surface area contributed by atoms with Crippen LogP contribution in [0.5, 0.6) is 5.75 Å². The van der Waals surface area contributed by atoms with Crippen molar-refractivity contribution in [3.05, 3.63) is 29.8 Å². The molecule has 0 saturated heterocycles. The third-order valence-corrected chi connectivity index (χ3v) is 2.62. The Balaban J connectivity index is 2.86. The molecule has 3 nitrogen and oxygen atoms in total. The van der Waals surface area contributed by atoms with Crippen molar-refractivity contribution >= 4 is 5.78 Å². The van der Waals surface area contributed by atoms with Crippen LogP contribution in [-0.4, -0.2) is 25.0 Å². The fourth-order valence-electron chi connectivity index (χ4n) is 1.34. The molecule has 0 unspecified atom stereocenters. The highest BCUT2D eigenvalue weighted by atomic mass is 16.5. The molecule has 0 atom stereocenters. The first-order chi connectivity index (χ1) is 7.51. The minimum absolute atomic E-state index is 0.0815. The Morgan fingerprint density at radius 3 is 2.31 bits per heavy atom. The minimum Gasteiger partial charge on any atom is -0.494 e. The first kappa shape index (κ1) is 12.7. The van der Waals surface area contributed by atoms with E-state index < -0.39 is 5.54 Å². The summed E-state index contributed by atoms with van der Waals surface area (Å²) in [4.78, 5) is 12.1. The van der Waals surface area contributed by atoms with Crippen LogP contribution >= 0.6 is 0 Å². The molecule has 1 N–H and O–H groups in total. The van der Waals surface area contributed by atoms with Crippen molar-refractivity contribution in [2.24, 2.45) is 0 Å². The number of rotatable bonds is 5. The third kappa shape index (κ3) is 2.83. The zero-order valence-electron chi connectivity index (χ0n) is 10.3. The molecule has 1 rings (SSSR count). The number of ether oxygens (including phenoxy) is 1. The van der Waals surface area contributed by atoms with Crippen LogP contribution in [0.2, 0.25) is 0 Å². The molecule has 0 spiro atoms. The third-order valence-electron chi connectivity index (χ3n) is 2.62. The molecule has 0 radical (unpaired) electrons. The van der Waals surface area contributed by atoms with Crippen LogP contribution in [-0.2, 0) is 0 Å². The predicted molar refractivity (Wildman–Crippen MR) is 65.1 cm³/mol. The van der Waals surface area contributed by atoms with Gasteiger partial charge >= 0.3 is 0 Å². The fourth-order valence-corrected chi connectivity index (χ4v) is 1.34.